The second kappa shape index (κ2) is 5.11. The highest BCUT2D eigenvalue weighted by Crippen LogP contribution is 2.53. The Balaban J connectivity index is 1.75. The Kier molecular flexibility index (Phi) is 3.40. The molecule has 0 amide bonds. The highest BCUT2D eigenvalue weighted by atomic mass is 79.9. The van der Waals surface area contributed by atoms with E-state index in [1.54, 1.807) is 0 Å². The molecule has 1 N–H and O–H groups in total. The normalized spacial score (nSPS) is 30.2. The van der Waals surface area contributed by atoms with E-state index in [-0.39, 0.29) is 0 Å². The Hall–Kier alpha value is -0.380. The van der Waals surface area contributed by atoms with Crippen LogP contribution < -0.4 is 5.32 Å². The minimum absolute atomic E-state index is 0.536. The van der Waals surface area contributed by atoms with E-state index in [4.69, 9.17) is 0 Å². The fraction of sp³-hybridized carbons (Fsp3) is 0.529. The zero-order chi connectivity index (χ0) is 13.7. The summed E-state index contributed by atoms with van der Waals surface area (Å²) in [6.45, 7) is 0. The molecule has 2 aromatic rings. The first-order valence-corrected chi connectivity index (χ1v) is 9.28. The molecule has 1 nitrogen and oxygen atoms in total. The lowest BCUT2D eigenvalue weighted by molar-refractivity contribution is 0.261. The fourth-order valence-electron chi connectivity index (χ4n) is 4.59. The standard InChI is InChI=1S/C17H20BrNS/c1-19-16(13-8-10-5-6-11(13)7-10)14-9-20-17-12(14)3-2-4-15(17)18/h2-4,9-11,13,16,19H,5-8H2,1H3. The Labute approximate surface area is 132 Å². The van der Waals surface area contributed by atoms with Gasteiger partial charge in [-0.05, 0) is 82.4 Å². The Bertz CT molecular complexity index is 635. The van der Waals surface area contributed by atoms with Crippen molar-refractivity contribution >= 4 is 37.4 Å². The van der Waals surface area contributed by atoms with Crippen LogP contribution in [-0.2, 0) is 0 Å². The van der Waals surface area contributed by atoms with Crippen molar-refractivity contribution in [2.75, 3.05) is 7.05 Å². The van der Waals surface area contributed by atoms with Crippen LogP contribution in [0.3, 0.4) is 0 Å². The van der Waals surface area contributed by atoms with E-state index in [9.17, 15) is 0 Å². The van der Waals surface area contributed by atoms with E-state index >= 15 is 0 Å². The van der Waals surface area contributed by atoms with Crippen LogP contribution in [0, 0.1) is 17.8 Å². The van der Waals surface area contributed by atoms with Crippen molar-refractivity contribution < 1.29 is 0 Å². The molecule has 1 aromatic carbocycles. The highest BCUT2D eigenvalue weighted by molar-refractivity contribution is 9.10. The van der Waals surface area contributed by atoms with Gasteiger partial charge in [-0.2, -0.15) is 0 Å². The van der Waals surface area contributed by atoms with Crippen molar-refractivity contribution in [2.45, 2.75) is 31.7 Å². The van der Waals surface area contributed by atoms with Crippen molar-refractivity contribution in [1.29, 1.82) is 0 Å². The third-order valence-electron chi connectivity index (χ3n) is 5.45. The second-order valence-electron chi connectivity index (χ2n) is 6.41. The van der Waals surface area contributed by atoms with Gasteiger partial charge < -0.3 is 5.32 Å². The smallest absolute Gasteiger partial charge is 0.0488 e. The lowest BCUT2D eigenvalue weighted by atomic mass is 9.80. The first-order valence-electron chi connectivity index (χ1n) is 7.61. The Morgan fingerprint density at radius 1 is 1.30 bits per heavy atom. The number of hydrogen-bond acceptors (Lipinski definition) is 2. The molecule has 0 radical (unpaired) electrons. The molecular weight excluding hydrogens is 330 g/mol. The van der Waals surface area contributed by atoms with Crippen molar-refractivity contribution in [3.8, 4) is 0 Å². The SMILES string of the molecule is CNC(c1csc2c(Br)cccc12)C1CC2CCC1C2. The molecule has 0 saturated heterocycles. The summed E-state index contributed by atoms with van der Waals surface area (Å²) in [5.41, 5.74) is 1.52. The summed E-state index contributed by atoms with van der Waals surface area (Å²) in [6.07, 6.45) is 5.85. The maximum atomic E-state index is 3.69. The monoisotopic (exact) mass is 349 g/mol. The van der Waals surface area contributed by atoms with Gasteiger partial charge in [-0.1, -0.05) is 18.6 Å². The molecule has 20 heavy (non-hydrogen) atoms. The Morgan fingerprint density at radius 3 is 2.90 bits per heavy atom. The van der Waals surface area contributed by atoms with Gasteiger partial charge in [0.05, 0.1) is 0 Å². The molecule has 2 bridgehead atoms. The third-order valence-corrected chi connectivity index (χ3v) is 7.42. The van der Waals surface area contributed by atoms with Crippen molar-refractivity contribution in [3.63, 3.8) is 0 Å². The number of benzene rings is 1. The molecule has 0 spiro atoms. The maximum absolute atomic E-state index is 3.69. The molecule has 2 aliphatic carbocycles. The van der Waals surface area contributed by atoms with Gasteiger partial charge in [-0.25, -0.2) is 0 Å². The van der Waals surface area contributed by atoms with Crippen LogP contribution in [0.1, 0.15) is 37.3 Å². The van der Waals surface area contributed by atoms with Gasteiger partial charge in [0.15, 0.2) is 0 Å². The van der Waals surface area contributed by atoms with E-state index in [1.165, 1.54) is 45.8 Å². The average molecular weight is 350 g/mol. The number of halogens is 1. The molecule has 1 heterocycles. The van der Waals surface area contributed by atoms with Crippen LogP contribution >= 0.6 is 27.3 Å². The van der Waals surface area contributed by atoms with Crippen LogP contribution in [0.15, 0.2) is 28.1 Å². The predicted molar refractivity (Wildman–Crippen MR) is 90.3 cm³/mol. The fourth-order valence-corrected chi connectivity index (χ4v) is 6.24. The van der Waals surface area contributed by atoms with Crippen LogP contribution in [0.4, 0.5) is 0 Å². The first-order chi connectivity index (χ1) is 9.78. The minimum atomic E-state index is 0.536. The minimum Gasteiger partial charge on any atom is -0.313 e. The summed E-state index contributed by atoms with van der Waals surface area (Å²) in [5, 5.41) is 7.45. The van der Waals surface area contributed by atoms with Gasteiger partial charge in [0.1, 0.15) is 0 Å². The molecule has 4 atom stereocenters. The van der Waals surface area contributed by atoms with Crippen LogP contribution in [0.5, 0.6) is 0 Å². The van der Waals surface area contributed by atoms with E-state index in [0.717, 1.165) is 17.8 Å². The predicted octanol–water partition coefficient (Wildman–Crippen LogP) is 5.36. The largest absolute Gasteiger partial charge is 0.313 e. The van der Waals surface area contributed by atoms with Crippen LogP contribution in [-0.4, -0.2) is 7.05 Å². The number of fused-ring (bicyclic) bond motifs is 3. The number of thiophene rings is 1. The molecule has 4 rings (SSSR count). The van der Waals surface area contributed by atoms with Crippen LogP contribution in [0.2, 0.25) is 0 Å². The van der Waals surface area contributed by atoms with E-state index < -0.39 is 0 Å². The summed E-state index contributed by atoms with van der Waals surface area (Å²) in [4.78, 5) is 0. The van der Waals surface area contributed by atoms with Crippen molar-refractivity contribution in [1.82, 2.24) is 5.32 Å². The van der Waals surface area contributed by atoms with Crippen LogP contribution in [0.25, 0.3) is 10.1 Å². The van der Waals surface area contributed by atoms with Gasteiger partial charge in [0.2, 0.25) is 0 Å². The van der Waals surface area contributed by atoms with E-state index in [0.29, 0.717) is 6.04 Å². The highest BCUT2D eigenvalue weighted by Gasteiger charge is 2.43. The lowest BCUT2D eigenvalue weighted by Crippen LogP contribution is -2.28. The number of hydrogen-bond donors (Lipinski definition) is 1. The molecule has 3 heteroatoms. The van der Waals surface area contributed by atoms with Crippen molar-refractivity contribution in [3.05, 3.63) is 33.6 Å². The lowest BCUT2D eigenvalue weighted by Gasteiger charge is -2.30. The maximum Gasteiger partial charge on any atom is 0.0488 e. The zero-order valence-corrected chi connectivity index (χ0v) is 14.1. The summed E-state index contributed by atoms with van der Waals surface area (Å²) in [6, 6.07) is 7.13. The molecule has 1 aromatic heterocycles. The topological polar surface area (TPSA) is 12.0 Å². The third kappa shape index (κ3) is 1.98. The average Bonchev–Trinajstić information content (AvgIpc) is 3.15. The quantitative estimate of drug-likeness (QED) is 0.786. The molecule has 2 saturated carbocycles. The van der Waals surface area contributed by atoms with Gasteiger partial charge in [-0.15, -0.1) is 11.3 Å². The van der Waals surface area contributed by atoms with E-state index in [2.05, 4.69) is 51.9 Å². The molecule has 2 fully saturated rings. The molecular formula is C17H20BrNS. The van der Waals surface area contributed by atoms with Crippen molar-refractivity contribution in [2.24, 2.45) is 17.8 Å². The first kappa shape index (κ1) is 13.3. The Morgan fingerprint density at radius 2 is 2.20 bits per heavy atom. The van der Waals surface area contributed by atoms with E-state index in [1.807, 2.05) is 11.3 Å². The molecule has 0 aliphatic heterocycles. The molecule has 2 aliphatic rings. The van der Waals surface area contributed by atoms with Gasteiger partial charge in [0.25, 0.3) is 0 Å². The second-order valence-corrected chi connectivity index (χ2v) is 8.15. The van der Waals surface area contributed by atoms with Gasteiger partial charge in [-0.3, -0.25) is 0 Å². The zero-order valence-electron chi connectivity index (χ0n) is 11.7. The summed E-state index contributed by atoms with van der Waals surface area (Å²) < 4.78 is 2.62. The van der Waals surface area contributed by atoms with Gasteiger partial charge in [0, 0.05) is 15.2 Å². The number of nitrogens with one attached hydrogen (secondary N) is 1. The summed E-state index contributed by atoms with van der Waals surface area (Å²) >= 11 is 5.56. The molecule has 106 valence electrons. The molecule has 4 unspecified atom stereocenters. The summed E-state index contributed by atoms with van der Waals surface area (Å²) in [7, 11) is 2.14. The number of rotatable bonds is 3. The summed E-state index contributed by atoms with van der Waals surface area (Å²) in [5.74, 6) is 2.81. The van der Waals surface area contributed by atoms with Gasteiger partial charge >= 0.3 is 0 Å².